The van der Waals surface area contributed by atoms with Gasteiger partial charge in [-0.1, -0.05) is 0 Å². The molecule has 0 bridgehead atoms. The van der Waals surface area contributed by atoms with E-state index in [0.29, 0.717) is 5.56 Å². The standard InChI is InChI=1S/C12H15NO2/c1-4-5-6-7-13-9(2)8-11(10(13)3)12(14)15/h1,8H,5-7H2,2-3H3,(H,14,15). The topological polar surface area (TPSA) is 42.2 Å². The third kappa shape index (κ3) is 2.41. The van der Waals surface area contributed by atoms with Crippen molar-refractivity contribution in [1.29, 1.82) is 0 Å². The van der Waals surface area contributed by atoms with Gasteiger partial charge in [-0.2, -0.15) is 0 Å². The highest BCUT2D eigenvalue weighted by molar-refractivity contribution is 5.89. The second-order valence-electron chi connectivity index (χ2n) is 3.55. The molecule has 0 fully saturated rings. The van der Waals surface area contributed by atoms with Gasteiger partial charge >= 0.3 is 5.97 Å². The largest absolute Gasteiger partial charge is 0.478 e. The average Bonchev–Trinajstić information content (AvgIpc) is 2.45. The zero-order valence-electron chi connectivity index (χ0n) is 9.08. The number of aryl methyl sites for hydroxylation is 1. The maximum absolute atomic E-state index is 10.9. The van der Waals surface area contributed by atoms with Crippen LogP contribution in [0.15, 0.2) is 6.07 Å². The van der Waals surface area contributed by atoms with Crippen LogP contribution in [0.25, 0.3) is 0 Å². The molecule has 1 aromatic rings. The number of nitrogens with zero attached hydrogens (tertiary/aromatic N) is 1. The van der Waals surface area contributed by atoms with Crippen LogP contribution in [-0.2, 0) is 6.54 Å². The van der Waals surface area contributed by atoms with E-state index in [9.17, 15) is 4.79 Å². The second kappa shape index (κ2) is 4.70. The third-order valence-electron chi connectivity index (χ3n) is 2.51. The van der Waals surface area contributed by atoms with E-state index >= 15 is 0 Å². The molecule has 0 spiro atoms. The Kier molecular flexibility index (Phi) is 3.56. The van der Waals surface area contributed by atoms with Gasteiger partial charge in [0.25, 0.3) is 0 Å². The zero-order chi connectivity index (χ0) is 11.4. The molecule has 1 aromatic heterocycles. The minimum atomic E-state index is -0.869. The molecule has 0 saturated heterocycles. The van der Waals surface area contributed by atoms with Crippen LogP contribution in [0.2, 0.25) is 0 Å². The predicted octanol–water partition coefficient (Wildman–Crippen LogP) is 2.22. The number of carboxylic acids is 1. The zero-order valence-corrected chi connectivity index (χ0v) is 9.08. The van der Waals surface area contributed by atoms with Crippen LogP contribution >= 0.6 is 0 Å². The molecule has 0 radical (unpaired) electrons. The number of aromatic nitrogens is 1. The molecule has 1 heterocycles. The quantitative estimate of drug-likeness (QED) is 0.605. The summed E-state index contributed by atoms with van der Waals surface area (Å²) >= 11 is 0. The van der Waals surface area contributed by atoms with Gasteiger partial charge in [-0.05, 0) is 26.3 Å². The van der Waals surface area contributed by atoms with Gasteiger partial charge in [-0.25, -0.2) is 4.79 Å². The molecule has 1 N–H and O–H groups in total. The van der Waals surface area contributed by atoms with Crippen molar-refractivity contribution in [1.82, 2.24) is 4.57 Å². The molecule has 3 heteroatoms. The molecule has 0 aliphatic rings. The maximum Gasteiger partial charge on any atom is 0.337 e. The molecule has 0 aliphatic carbocycles. The van der Waals surface area contributed by atoms with Crippen LogP contribution in [0.4, 0.5) is 0 Å². The molecule has 0 aromatic carbocycles. The first kappa shape index (κ1) is 11.4. The third-order valence-corrected chi connectivity index (χ3v) is 2.51. The van der Waals surface area contributed by atoms with E-state index in [0.717, 1.165) is 30.8 Å². The highest BCUT2D eigenvalue weighted by atomic mass is 16.4. The van der Waals surface area contributed by atoms with Crippen molar-refractivity contribution in [2.45, 2.75) is 33.2 Å². The van der Waals surface area contributed by atoms with Gasteiger partial charge in [-0.3, -0.25) is 0 Å². The summed E-state index contributed by atoms with van der Waals surface area (Å²) in [5.41, 5.74) is 2.16. The summed E-state index contributed by atoms with van der Waals surface area (Å²) < 4.78 is 2.00. The van der Waals surface area contributed by atoms with Gasteiger partial charge in [0.1, 0.15) is 0 Å². The molecule has 80 valence electrons. The van der Waals surface area contributed by atoms with Gasteiger partial charge in [0.15, 0.2) is 0 Å². The first-order chi connectivity index (χ1) is 7.07. The smallest absolute Gasteiger partial charge is 0.337 e. The van der Waals surface area contributed by atoms with Gasteiger partial charge in [-0.15, -0.1) is 12.3 Å². The van der Waals surface area contributed by atoms with Crippen molar-refractivity contribution in [3.8, 4) is 12.3 Å². The van der Waals surface area contributed by atoms with Crippen LogP contribution in [0.1, 0.15) is 34.6 Å². The Morgan fingerprint density at radius 3 is 2.73 bits per heavy atom. The molecule has 0 unspecified atom stereocenters. The molecule has 0 amide bonds. The monoisotopic (exact) mass is 205 g/mol. The van der Waals surface area contributed by atoms with Crippen molar-refractivity contribution >= 4 is 5.97 Å². The van der Waals surface area contributed by atoms with Crippen molar-refractivity contribution < 1.29 is 9.90 Å². The summed E-state index contributed by atoms with van der Waals surface area (Å²) in [5.74, 6) is 1.71. The number of unbranched alkanes of at least 4 members (excludes halogenated alkanes) is 1. The molecule has 0 atom stereocenters. The van der Waals surface area contributed by atoms with Crippen molar-refractivity contribution in [2.75, 3.05) is 0 Å². The summed E-state index contributed by atoms with van der Waals surface area (Å²) in [6.07, 6.45) is 6.77. The van der Waals surface area contributed by atoms with Crippen molar-refractivity contribution in [3.05, 3.63) is 23.0 Å². The Labute approximate surface area is 89.7 Å². The van der Waals surface area contributed by atoms with Gasteiger partial charge < -0.3 is 9.67 Å². The number of carbonyl (C=O) groups is 1. The number of carboxylic acid groups (broad SMARTS) is 1. The van der Waals surface area contributed by atoms with Crippen molar-refractivity contribution in [3.63, 3.8) is 0 Å². The van der Waals surface area contributed by atoms with E-state index < -0.39 is 5.97 Å². The van der Waals surface area contributed by atoms with Crippen LogP contribution < -0.4 is 0 Å². The minimum absolute atomic E-state index is 0.383. The molecule has 0 saturated carbocycles. The molecule has 1 rings (SSSR count). The van der Waals surface area contributed by atoms with E-state index in [1.807, 2.05) is 18.4 Å². The lowest BCUT2D eigenvalue weighted by Gasteiger charge is -2.07. The summed E-state index contributed by atoms with van der Waals surface area (Å²) in [6, 6.07) is 1.70. The van der Waals surface area contributed by atoms with Crippen molar-refractivity contribution in [2.24, 2.45) is 0 Å². The highest BCUT2D eigenvalue weighted by Crippen LogP contribution is 2.15. The molecule has 15 heavy (non-hydrogen) atoms. The lowest BCUT2D eigenvalue weighted by atomic mass is 10.2. The lowest BCUT2D eigenvalue weighted by Crippen LogP contribution is -2.04. The summed E-state index contributed by atoms with van der Waals surface area (Å²) in [5, 5.41) is 8.93. The fraction of sp³-hybridized carbons (Fsp3) is 0.417. The average molecular weight is 205 g/mol. The van der Waals surface area contributed by atoms with Gasteiger partial charge in [0.2, 0.25) is 0 Å². The van der Waals surface area contributed by atoms with E-state index in [4.69, 9.17) is 11.5 Å². The summed E-state index contributed by atoms with van der Waals surface area (Å²) in [6.45, 7) is 4.52. The molecular weight excluding hydrogens is 190 g/mol. The first-order valence-electron chi connectivity index (χ1n) is 4.91. The first-order valence-corrected chi connectivity index (χ1v) is 4.91. The lowest BCUT2D eigenvalue weighted by molar-refractivity contribution is 0.0696. The van der Waals surface area contributed by atoms with Crippen LogP contribution in [0.5, 0.6) is 0 Å². The Hall–Kier alpha value is -1.69. The van der Waals surface area contributed by atoms with Gasteiger partial charge in [0.05, 0.1) is 5.56 Å². The van der Waals surface area contributed by atoms with E-state index in [1.165, 1.54) is 0 Å². The number of aromatic carboxylic acids is 1. The van der Waals surface area contributed by atoms with Crippen LogP contribution in [0.3, 0.4) is 0 Å². The number of rotatable bonds is 4. The van der Waals surface area contributed by atoms with E-state index in [1.54, 1.807) is 6.07 Å². The number of hydrogen-bond acceptors (Lipinski definition) is 1. The Balaban J connectivity index is 2.89. The summed E-state index contributed by atoms with van der Waals surface area (Å²) in [7, 11) is 0. The molecular formula is C12H15NO2. The Morgan fingerprint density at radius 1 is 1.60 bits per heavy atom. The Bertz CT molecular complexity index is 410. The normalized spacial score (nSPS) is 9.93. The molecule has 0 aliphatic heterocycles. The predicted molar refractivity (Wildman–Crippen MR) is 58.9 cm³/mol. The van der Waals surface area contributed by atoms with Gasteiger partial charge in [0, 0.05) is 24.4 Å². The van der Waals surface area contributed by atoms with Crippen LogP contribution in [0, 0.1) is 26.2 Å². The maximum atomic E-state index is 10.9. The van der Waals surface area contributed by atoms with Crippen LogP contribution in [-0.4, -0.2) is 15.6 Å². The van der Waals surface area contributed by atoms with E-state index in [2.05, 4.69) is 5.92 Å². The van der Waals surface area contributed by atoms with E-state index in [-0.39, 0.29) is 0 Å². The fourth-order valence-corrected chi connectivity index (χ4v) is 1.70. The summed E-state index contributed by atoms with van der Waals surface area (Å²) in [4.78, 5) is 10.9. The fourth-order valence-electron chi connectivity index (χ4n) is 1.70. The molecule has 3 nitrogen and oxygen atoms in total. The SMILES string of the molecule is C#CCCCn1c(C)cc(C(=O)O)c1C. The second-order valence-corrected chi connectivity index (χ2v) is 3.55. The number of hydrogen-bond donors (Lipinski definition) is 1. The number of terminal acetylenes is 1. The highest BCUT2D eigenvalue weighted by Gasteiger charge is 2.13. The Morgan fingerprint density at radius 2 is 2.27 bits per heavy atom. The minimum Gasteiger partial charge on any atom is -0.478 e.